The van der Waals surface area contributed by atoms with E-state index >= 15 is 0 Å². The van der Waals surface area contributed by atoms with E-state index in [1.54, 1.807) is 18.3 Å². The Morgan fingerprint density at radius 1 is 0.923 bits per heavy atom. The van der Waals surface area contributed by atoms with E-state index in [0.717, 1.165) is 0 Å². The smallest absolute Gasteiger partial charge is 0.324 e. The van der Waals surface area contributed by atoms with Gasteiger partial charge in [0.1, 0.15) is 0 Å². The van der Waals surface area contributed by atoms with E-state index in [2.05, 4.69) is 11.4 Å². The molecule has 1 aromatic heterocycles. The Kier molecular flexibility index (Phi) is 7.67. The van der Waals surface area contributed by atoms with Crippen molar-refractivity contribution >= 4 is 11.3 Å². The van der Waals surface area contributed by atoms with Crippen molar-refractivity contribution in [3.8, 4) is 0 Å². The molecule has 2 aromatic rings. The second-order valence-electron chi connectivity index (χ2n) is 5.70. The van der Waals surface area contributed by atoms with E-state index in [0.29, 0.717) is 12.1 Å². The van der Waals surface area contributed by atoms with Crippen LogP contribution in [0.2, 0.25) is 0 Å². The molecule has 0 amide bonds. The summed E-state index contributed by atoms with van der Waals surface area (Å²) in [5.41, 5.74) is 9.44. The molecule has 0 saturated heterocycles. The van der Waals surface area contributed by atoms with Gasteiger partial charge in [0.25, 0.3) is 0 Å². The van der Waals surface area contributed by atoms with Crippen LogP contribution in [-0.4, -0.2) is 0 Å². The van der Waals surface area contributed by atoms with Gasteiger partial charge in [-0.3, -0.25) is 0 Å². The summed E-state index contributed by atoms with van der Waals surface area (Å²) in [6, 6.07) is 2.79. The lowest BCUT2D eigenvalue weighted by Gasteiger charge is -2.16. The van der Waals surface area contributed by atoms with Crippen LogP contribution in [-0.2, 0) is 12.4 Å². The van der Waals surface area contributed by atoms with Crippen LogP contribution in [0.15, 0.2) is 35.0 Å². The number of hydrogen-bond acceptors (Lipinski definition) is 3. The van der Waals surface area contributed by atoms with E-state index in [-0.39, 0.29) is 24.1 Å². The Morgan fingerprint density at radius 2 is 1.42 bits per heavy atom. The highest BCUT2D eigenvalue weighted by atomic mass is 32.1. The van der Waals surface area contributed by atoms with E-state index in [1.165, 1.54) is 5.56 Å². The van der Waals surface area contributed by atoms with Crippen LogP contribution in [0.3, 0.4) is 0 Å². The van der Waals surface area contributed by atoms with E-state index in [9.17, 15) is 26.3 Å². The third-order valence-corrected chi connectivity index (χ3v) is 4.25. The Morgan fingerprint density at radius 3 is 1.69 bits per heavy atom. The van der Waals surface area contributed by atoms with Gasteiger partial charge in [-0.1, -0.05) is 6.92 Å². The molecular formula is C17H20F6N2S. The number of rotatable bonds is 3. The number of thiophene rings is 1. The lowest BCUT2D eigenvalue weighted by molar-refractivity contribution is -0.143. The lowest BCUT2D eigenvalue weighted by Crippen LogP contribution is -2.15. The molecule has 2 unspecified atom stereocenters. The first-order valence-electron chi connectivity index (χ1n) is 7.68. The highest BCUT2D eigenvalue weighted by Crippen LogP contribution is 2.37. The minimum absolute atomic E-state index is 0.0892. The van der Waals surface area contributed by atoms with Crippen LogP contribution in [0.4, 0.5) is 26.3 Å². The second-order valence-corrected chi connectivity index (χ2v) is 6.48. The first-order valence-corrected chi connectivity index (χ1v) is 8.63. The zero-order valence-electron chi connectivity index (χ0n) is 14.2. The topological polar surface area (TPSA) is 52.0 Å². The molecular weight excluding hydrogens is 378 g/mol. The van der Waals surface area contributed by atoms with Crippen LogP contribution in [0.25, 0.3) is 0 Å². The van der Waals surface area contributed by atoms with Crippen molar-refractivity contribution in [2.45, 2.75) is 44.7 Å². The summed E-state index contributed by atoms with van der Waals surface area (Å²) < 4.78 is 75.0. The Labute approximate surface area is 151 Å². The second kappa shape index (κ2) is 8.88. The van der Waals surface area contributed by atoms with Crippen molar-refractivity contribution in [3.05, 3.63) is 57.3 Å². The SMILES string of the molecule is CC(N)c1ccsc1.CCC(N)c1cc(C(F)(F)F)cc(C(F)(F)F)c1. The minimum Gasteiger partial charge on any atom is -0.324 e. The van der Waals surface area contributed by atoms with Gasteiger partial charge in [0, 0.05) is 12.1 Å². The summed E-state index contributed by atoms with van der Waals surface area (Å²) >= 11 is 1.69. The van der Waals surface area contributed by atoms with Gasteiger partial charge in [0.2, 0.25) is 0 Å². The molecule has 2 nitrogen and oxygen atoms in total. The van der Waals surface area contributed by atoms with Crippen molar-refractivity contribution in [2.75, 3.05) is 0 Å². The molecule has 2 atom stereocenters. The van der Waals surface area contributed by atoms with Crippen LogP contribution in [0.1, 0.15) is 54.6 Å². The third-order valence-electron chi connectivity index (χ3n) is 3.55. The van der Waals surface area contributed by atoms with Crippen molar-refractivity contribution < 1.29 is 26.3 Å². The fraction of sp³-hybridized carbons (Fsp3) is 0.412. The van der Waals surface area contributed by atoms with Gasteiger partial charge in [-0.2, -0.15) is 37.7 Å². The zero-order chi connectivity index (χ0) is 20.1. The molecule has 146 valence electrons. The van der Waals surface area contributed by atoms with E-state index in [4.69, 9.17) is 11.5 Å². The van der Waals surface area contributed by atoms with Crippen molar-refractivity contribution in [1.82, 2.24) is 0 Å². The summed E-state index contributed by atoms with van der Waals surface area (Å²) in [7, 11) is 0. The van der Waals surface area contributed by atoms with E-state index < -0.39 is 29.5 Å². The average molecular weight is 398 g/mol. The maximum atomic E-state index is 12.5. The predicted octanol–water partition coefficient (Wildman–Crippen LogP) is 5.90. The number of halogens is 6. The molecule has 0 saturated carbocycles. The Balaban J connectivity index is 0.000000350. The van der Waals surface area contributed by atoms with Crippen molar-refractivity contribution in [3.63, 3.8) is 0 Å². The van der Waals surface area contributed by atoms with Gasteiger partial charge in [-0.05, 0) is 59.5 Å². The normalized spacial score (nSPS) is 14.4. The number of nitrogens with two attached hydrogens (primary N) is 2. The maximum Gasteiger partial charge on any atom is 0.416 e. The molecule has 0 aliphatic heterocycles. The Bertz CT molecular complexity index is 645. The monoisotopic (exact) mass is 398 g/mol. The minimum atomic E-state index is -4.83. The largest absolute Gasteiger partial charge is 0.416 e. The summed E-state index contributed by atoms with van der Waals surface area (Å²) in [5.74, 6) is 0. The molecule has 2 rings (SSSR count). The molecule has 4 N–H and O–H groups in total. The van der Waals surface area contributed by atoms with Gasteiger partial charge in [0.15, 0.2) is 0 Å². The summed E-state index contributed by atoms with van der Waals surface area (Å²) in [4.78, 5) is 0. The third kappa shape index (κ3) is 6.62. The fourth-order valence-electron chi connectivity index (χ4n) is 1.96. The molecule has 0 aliphatic carbocycles. The molecule has 9 heteroatoms. The molecule has 0 fully saturated rings. The van der Waals surface area contributed by atoms with Gasteiger partial charge < -0.3 is 11.5 Å². The molecule has 1 aromatic carbocycles. The number of hydrogen-bond donors (Lipinski definition) is 2. The highest BCUT2D eigenvalue weighted by Gasteiger charge is 2.37. The standard InChI is InChI=1S/C11H11F6N.C6H9NS/c1-2-9(18)6-3-7(10(12,13)14)5-8(4-6)11(15,16)17;1-5(7)6-2-3-8-4-6/h3-5,9H,2,18H2,1H3;2-5H,7H2,1H3. The molecule has 1 heterocycles. The molecule has 0 spiro atoms. The van der Waals surface area contributed by atoms with Crippen LogP contribution in [0.5, 0.6) is 0 Å². The van der Waals surface area contributed by atoms with E-state index in [1.807, 2.05) is 12.3 Å². The number of benzene rings is 1. The predicted molar refractivity (Wildman–Crippen MR) is 90.6 cm³/mol. The quantitative estimate of drug-likeness (QED) is 0.632. The van der Waals surface area contributed by atoms with Crippen LogP contribution < -0.4 is 11.5 Å². The molecule has 0 bridgehead atoms. The first kappa shape index (κ1) is 22.5. The Hall–Kier alpha value is -1.58. The van der Waals surface area contributed by atoms with Crippen LogP contribution >= 0.6 is 11.3 Å². The molecule has 26 heavy (non-hydrogen) atoms. The molecule has 0 aliphatic rings. The summed E-state index contributed by atoms with van der Waals surface area (Å²) in [5, 5.41) is 4.11. The van der Waals surface area contributed by atoms with Crippen molar-refractivity contribution in [1.29, 1.82) is 0 Å². The lowest BCUT2D eigenvalue weighted by atomic mass is 9.99. The highest BCUT2D eigenvalue weighted by molar-refractivity contribution is 7.07. The maximum absolute atomic E-state index is 12.5. The average Bonchev–Trinajstić information content (AvgIpc) is 3.07. The summed E-state index contributed by atoms with van der Waals surface area (Å²) in [6.45, 7) is 3.57. The fourth-order valence-corrected chi connectivity index (χ4v) is 2.73. The zero-order valence-corrected chi connectivity index (χ0v) is 15.0. The first-order chi connectivity index (χ1) is 11.9. The van der Waals surface area contributed by atoms with Gasteiger partial charge in [-0.25, -0.2) is 0 Å². The van der Waals surface area contributed by atoms with Crippen LogP contribution in [0, 0.1) is 0 Å². The van der Waals surface area contributed by atoms with Gasteiger partial charge >= 0.3 is 12.4 Å². The van der Waals surface area contributed by atoms with Gasteiger partial charge in [0.05, 0.1) is 11.1 Å². The number of alkyl halides is 6. The van der Waals surface area contributed by atoms with Gasteiger partial charge in [-0.15, -0.1) is 0 Å². The molecule has 0 radical (unpaired) electrons. The summed E-state index contributed by atoms with van der Waals surface area (Å²) in [6.07, 6.45) is -9.41. The van der Waals surface area contributed by atoms with Crippen molar-refractivity contribution in [2.24, 2.45) is 11.5 Å².